The summed E-state index contributed by atoms with van der Waals surface area (Å²) in [6, 6.07) is 19.0. The van der Waals surface area contributed by atoms with Crippen LogP contribution in [-0.4, -0.2) is 37.1 Å². The van der Waals surface area contributed by atoms with Crippen LogP contribution in [0.4, 0.5) is 0 Å². The Labute approximate surface area is 155 Å². The van der Waals surface area contributed by atoms with E-state index in [1.54, 1.807) is 0 Å². The Bertz CT molecular complexity index is 769. The Hall–Kier alpha value is -2.17. The normalized spacial score (nSPS) is 21.9. The molecule has 2 heterocycles. The molecule has 0 spiro atoms. The zero-order valence-corrected chi connectivity index (χ0v) is 15.1. The number of nitrogens with zero attached hydrogens (tertiary/aromatic N) is 1. The number of nitrogens with two attached hydrogens (primary N) is 1. The van der Waals surface area contributed by atoms with Gasteiger partial charge in [0.15, 0.2) is 0 Å². The van der Waals surface area contributed by atoms with Crippen molar-refractivity contribution in [3.8, 4) is 0 Å². The van der Waals surface area contributed by atoms with Gasteiger partial charge in [-0.1, -0.05) is 54.6 Å². The fourth-order valence-corrected chi connectivity index (χ4v) is 4.33. The van der Waals surface area contributed by atoms with Crippen LogP contribution < -0.4 is 5.73 Å². The highest BCUT2D eigenvalue weighted by atomic mass is 16.5. The number of amides is 1. The maximum atomic E-state index is 13.5. The molecule has 0 saturated carbocycles. The monoisotopic (exact) mass is 350 g/mol. The summed E-state index contributed by atoms with van der Waals surface area (Å²) < 4.78 is 5.48. The van der Waals surface area contributed by atoms with E-state index < -0.39 is 5.41 Å². The predicted molar refractivity (Wildman–Crippen MR) is 102 cm³/mol. The fraction of sp³-hybridized carbons (Fsp3) is 0.409. The van der Waals surface area contributed by atoms with Crippen LogP contribution in [0.3, 0.4) is 0 Å². The largest absolute Gasteiger partial charge is 0.381 e. The lowest BCUT2D eigenvalue weighted by atomic mass is 9.77. The second-order valence-corrected chi connectivity index (χ2v) is 7.44. The summed E-state index contributed by atoms with van der Waals surface area (Å²) in [4.78, 5) is 15.5. The van der Waals surface area contributed by atoms with E-state index in [1.807, 2.05) is 11.0 Å². The third kappa shape index (κ3) is 3.04. The first-order chi connectivity index (χ1) is 12.7. The third-order valence-corrected chi connectivity index (χ3v) is 5.98. The van der Waals surface area contributed by atoms with E-state index in [9.17, 15) is 4.79 Å². The second kappa shape index (κ2) is 7.22. The van der Waals surface area contributed by atoms with Crippen LogP contribution in [0.1, 0.15) is 35.4 Å². The quantitative estimate of drug-likeness (QED) is 0.926. The van der Waals surface area contributed by atoms with Gasteiger partial charge in [0.25, 0.3) is 0 Å². The molecule has 0 radical (unpaired) electrons. The molecule has 2 aliphatic rings. The summed E-state index contributed by atoms with van der Waals surface area (Å²) in [7, 11) is 0. The Balaban J connectivity index is 1.68. The highest BCUT2D eigenvalue weighted by Gasteiger charge is 2.43. The molecular weight excluding hydrogens is 324 g/mol. The molecule has 2 aromatic carbocycles. The lowest BCUT2D eigenvalue weighted by Gasteiger charge is -2.42. The van der Waals surface area contributed by atoms with Crippen molar-refractivity contribution in [2.24, 2.45) is 11.1 Å². The molecule has 1 amide bonds. The smallest absolute Gasteiger partial charge is 0.230 e. The number of benzene rings is 2. The second-order valence-electron chi connectivity index (χ2n) is 7.44. The van der Waals surface area contributed by atoms with E-state index in [1.165, 1.54) is 16.7 Å². The van der Waals surface area contributed by atoms with Crippen LogP contribution in [0.2, 0.25) is 0 Å². The van der Waals surface area contributed by atoms with E-state index >= 15 is 0 Å². The third-order valence-electron chi connectivity index (χ3n) is 5.98. The lowest BCUT2D eigenvalue weighted by Crippen LogP contribution is -2.52. The van der Waals surface area contributed by atoms with Crippen LogP contribution >= 0.6 is 0 Å². The van der Waals surface area contributed by atoms with Gasteiger partial charge in [-0.05, 0) is 29.5 Å². The molecular formula is C22H26N2O2. The number of rotatable bonds is 3. The minimum atomic E-state index is -0.466. The van der Waals surface area contributed by atoms with Crippen LogP contribution in [0.25, 0.3) is 0 Å². The van der Waals surface area contributed by atoms with Crippen LogP contribution in [0.5, 0.6) is 0 Å². The standard InChI is InChI=1S/C22H26N2O2/c23-16-22(10-12-26-13-11-22)21(25)24-14-18-8-4-5-9-19(18)20(15-24)17-6-2-1-3-7-17/h1-9,20H,10-16,23H2. The van der Waals surface area contributed by atoms with Crippen molar-refractivity contribution in [1.29, 1.82) is 0 Å². The highest BCUT2D eigenvalue weighted by molar-refractivity contribution is 5.83. The molecule has 4 heteroatoms. The first-order valence-corrected chi connectivity index (χ1v) is 9.43. The molecule has 1 atom stereocenters. The number of carbonyl (C=O) groups excluding carboxylic acids is 1. The van der Waals surface area contributed by atoms with E-state index in [0.29, 0.717) is 32.8 Å². The number of hydrogen-bond donors (Lipinski definition) is 1. The van der Waals surface area contributed by atoms with Crippen molar-refractivity contribution < 1.29 is 9.53 Å². The summed E-state index contributed by atoms with van der Waals surface area (Å²) in [5.41, 5.74) is 9.44. The zero-order valence-electron chi connectivity index (χ0n) is 15.1. The van der Waals surface area contributed by atoms with E-state index in [0.717, 1.165) is 12.8 Å². The molecule has 4 rings (SSSR count). The zero-order chi connectivity index (χ0) is 18.0. The predicted octanol–water partition coefficient (Wildman–Crippen LogP) is 2.92. The summed E-state index contributed by atoms with van der Waals surface area (Å²) in [5.74, 6) is 0.401. The van der Waals surface area contributed by atoms with Crippen molar-refractivity contribution in [3.05, 3.63) is 71.3 Å². The molecule has 1 saturated heterocycles. The summed E-state index contributed by atoms with van der Waals surface area (Å²) in [6.45, 7) is 3.01. The van der Waals surface area contributed by atoms with Crippen molar-refractivity contribution in [1.82, 2.24) is 4.90 Å². The minimum Gasteiger partial charge on any atom is -0.381 e. The molecule has 1 fully saturated rings. The van der Waals surface area contributed by atoms with Gasteiger partial charge in [-0.25, -0.2) is 0 Å². The van der Waals surface area contributed by atoms with Gasteiger partial charge in [0, 0.05) is 38.8 Å². The summed E-state index contributed by atoms with van der Waals surface area (Å²) in [5, 5.41) is 0. The van der Waals surface area contributed by atoms with Crippen LogP contribution in [-0.2, 0) is 16.1 Å². The van der Waals surface area contributed by atoms with Crippen molar-refractivity contribution >= 4 is 5.91 Å². The Morgan fingerprint density at radius 1 is 1.08 bits per heavy atom. The van der Waals surface area contributed by atoms with Gasteiger partial charge in [0.1, 0.15) is 0 Å². The number of carbonyl (C=O) groups is 1. The van der Waals surface area contributed by atoms with E-state index in [-0.39, 0.29) is 11.8 Å². The average Bonchev–Trinajstić information content (AvgIpc) is 2.73. The van der Waals surface area contributed by atoms with Gasteiger partial charge in [-0.2, -0.15) is 0 Å². The SMILES string of the molecule is NCC1(C(=O)N2Cc3ccccc3C(c3ccccc3)C2)CCOCC1. The molecule has 0 bridgehead atoms. The Kier molecular flexibility index (Phi) is 4.79. The first kappa shape index (κ1) is 17.3. The van der Waals surface area contributed by atoms with Crippen molar-refractivity contribution in [3.63, 3.8) is 0 Å². The molecule has 4 nitrogen and oxygen atoms in total. The molecule has 136 valence electrons. The molecule has 2 aliphatic heterocycles. The van der Waals surface area contributed by atoms with Crippen molar-refractivity contribution in [2.45, 2.75) is 25.3 Å². The molecule has 0 aliphatic carbocycles. The molecule has 2 N–H and O–H groups in total. The van der Waals surface area contributed by atoms with Gasteiger partial charge < -0.3 is 15.4 Å². The van der Waals surface area contributed by atoms with Gasteiger partial charge in [0.05, 0.1) is 5.41 Å². The van der Waals surface area contributed by atoms with Gasteiger partial charge in [0.2, 0.25) is 5.91 Å². The van der Waals surface area contributed by atoms with Gasteiger partial charge >= 0.3 is 0 Å². The number of ether oxygens (including phenoxy) is 1. The van der Waals surface area contributed by atoms with Gasteiger partial charge in [-0.3, -0.25) is 4.79 Å². The van der Waals surface area contributed by atoms with Crippen molar-refractivity contribution in [2.75, 3.05) is 26.3 Å². The minimum absolute atomic E-state index is 0.193. The maximum absolute atomic E-state index is 13.5. The summed E-state index contributed by atoms with van der Waals surface area (Å²) >= 11 is 0. The Morgan fingerprint density at radius 2 is 1.77 bits per heavy atom. The fourth-order valence-electron chi connectivity index (χ4n) is 4.33. The highest BCUT2D eigenvalue weighted by Crippen LogP contribution is 2.38. The molecule has 0 aromatic heterocycles. The number of fused-ring (bicyclic) bond motifs is 1. The lowest BCUT2D eigenvalue weighted by molar-refractivity contribution is -0.148. The summed E-state index contributed by atoms with van der Waals surface area (Å²) in [6.07, 6.45) is 1.44. The maximum Gasteiger partial charge on any atom is 0.230 e. The topological polar surface area (TPSA) is 55.6 Å². The van der Waals surface area contributed by atoms with Crippen LogP contribution in [0, 0.1) is 5.41 Å². The first-order valence-electron chi connectivity index (χ1n) is 9.43. The van der Waals surface area contributed by atoms with E-state index in [2.05, 4.69) is 48.5 Å². The molecule has 2 aromatic rings. The molecule has 26 heavy (non-hydrogen) atoms. The van der Waals surface area contributed by atoms with E-state index in [4.69, 9.17) is 10.5 Å². The Morgan fingerprint density at radius 3 is 2.50 bits per heavy atom. The average molecular weight is 350 g/mol. The van der Waals surface area contributed by atoms with Crippen LogP contribution in [0.15, 0.2) is 54.6 Å². The molecule has 1 unspecified atom stereocenters. The number of hydrogen-bond acceptors (Lipinski definition) is 3. The van der Waals surface area contributed by atoms with Gasteiger partial charge in [-0.15, -0.1) is 0 Å².